The third-order valence-electron chi connectivity index (χ3n) is 6.95. The van der Waals surface area contributed by atoms with Crippen LogP contribution in [-0.4, -0.2) is 135 Å². The molecule has 2 saturated heterocycles. The molecule has 0 spiro atoms. The summed E-state index contributed by atoms with van der Waals surface area (Å²) in [6, 6.07) is -3.47. The topological polar surface area (TPSA) is 248 Å². The zero-order valence-corrected chi connectivity index (χ0v) is 19.5. The fourth-order valence-corrected chi connectivity index (χ4v) is 4.95. The minimum absolute atomic E-state index is 0.135. The summed E-state index contributed by atoms with van der Waals surface area (Å²) in [5, 5.41) is 65.2. The number of nitrogens with two attached hydrogens (primary N) is 3. The van der Waals surface area contributed by atoms with Crippen LogP contribution in [0.25, 0.3) is 0 Å². The van der Waals surface area contributed by atoms with Gasteiger partial charge in [0, 0.05) is 12.1 Å². The second kappa shape index (κ2) is 10.8. The molecule has 3 aliphatic rings. The van der Waals surface area contributed by atoms with Gasteiger partial charge in [0.25, 0.3) is 0 Å². The van der Waals surface area contributed by atoms with Crippen LogP contribution in [0.3, 0.4) is 0 Å². The molecule has 3 rings (SSSR count). The highest BCUT2D eigenvalue weighted by atomic mass is 16.7. The van der Waals surface area contributed by atoms with E-state index < -0.39 is 91.2 Å². The van der Waals surface area contributed by atoms with Gasteiger partial charge >= 0.3 is 0 Å². The Hall–Kier alpha value is -0.560. The first-order chi connectivity index (χ1) is 15.8. The van der Waals surface area contributed by atoms with Crippen molar-refractivity contribution < 1.29 is 49.6 Å². The number of aliphatic hydroxyl groups excluding tert-OH is 5. The summed E-state index contributed by atoms with van der Waals surface area (Å²) < 4.78 is 22.8. The Morgan fingerprint density at radius 1 is 0.941 bits per heavy atom. The van der Waals surface area contributed by atoms with E-state index in [2.05, 4.69) is 5.32 Å². The second-order valence-electron chi connectivity index (χ2n) is 9.82. The number of ether oxygens (including phenoxy) is 4. The van der Waals surface area contributed by atoms with Crippen molar-refractivity contribution in [2.45, 2.75) is 111 Å². The van der Waals surface area contributed by atoms with Crippen molar-refractivity contribution in [1.82, 2.24) is 5.32 Å². The molecule has 1 saturated carbocycles. The van der Waals surface area contributed by atoms with Crippen LogP contribution < -0.4 is 22.5 Å². The molecule has 0 aromatic carbocycles. The Bertz CT molecular complexity index is 675. The highest BCUT2D eigenvalue weighted by Gasteiger charge is 2.52. The van der Waals surface area contributed by atoms with Crippen LogP contribution in [0.2, 0.25) is 0 Å². The number of nitrogens with one attached hydrogen (secondary N) is 1. The average Bonchev–Trinajstić information content (AvgIpc) is 2.75. The first-order valence-corrected chi connectivity index (χ1v) is 11.4. The van der Waals surface area contributed by atoms with Crippen LogP contribution in [0, 0.1) is 0 Å². The van der Waals surface area contributed by atoms with Crippen LogP contribution in [0.1, 0.15) is 20.3 Å². The maximum atomic E-state index is 11.1. The monoisotopic (exact) mass is 496 g/mol. The van der Waals surface area contributed by atoms with Crippen molar-refractivity contribution in [3.05, 3.63) is 0 Å². The molecule has 2 aliphatic heterocycles. The third kappa shape index (κ3) is 5.40. The van der Waals surface area contributed by atoms with Gasteiger partial charge in [0.1, 0.15) is 48.3 Å². The Kier molecular flexibility index (Phi) is 8.92. The zero-order chi connectivity index (χ0) is 25.5. The fourth-order valence-electron chi connectivity index (χ4n) is 4.95. The van der Waals surface area contributed by atoms with Gasteiger partial charge in [0.15, 0.2) is 12.6 Å². The van der Waals surface area contributed by atoms with Crippen molar-refractivity contribution in [3.8, 4) is 0 Å². The highest BCUT2D eigenvalue weighted by Crippen LogP contribution is 2.32. The van der Waals surface area contributed by atoms with E-state index in [0.717, 1.165) is 0 Å². The van der Waals surface area contributed by atoms with Crippen molar-refractivity contribution in [2.75, 3.05) is 13.7 Å². The summed E-state index contributed by atoms with van der Waals surface area (Å²) in [7, 11) is 1.58. The van der Waals surface area contributed by atoms with Gasteiger partial charge in [-0.1, -0.05) is 0 Å². The lowest BCUT2D eigenvalue weighted by Gasteiger charge is -2.49. The van der Waals surface area contributed by atoms with Crippen molar-refractivity contribution in [3.63, 3.8) is 0 Å². The van der Waals surface area contributed by atoms with Gasteiger partial charge in [0.2, 0.25) is 0 Å². The van der Waals surface area contributed by atoms with E-state index in [1.54, 1.807) is 7.05 Å². The number of hydrogen-bond acceptors (Lipinski definition) is 14. The predicted molar refractivity (Wildman–Crippen MR) is 116 cm³/mol. The molecule has 34 heavy (non-hydrogen) atoms. The van der Waals surface area contributed by atoms with Crippen LogP contribution in [0.5, 0.6) is 0 Å². The van der Waals surface area contributed by atoms with Gasteiger partial charge in [-0.15, -0.1) is 0 Å². The lowest BCUT2D eigenvalue weighted by Crippen LogP contribution is -2.69. The van der Waals surface area contributed by atoms with E-state index >= 15 is 0 Å². The molecule has 1 aliphatic carbocycles. The minimum Gasteiger partial charge on any atom is -0.391 e. The largest absolute Gasteiger partial charge is 0.391 e. The number of likely N-dealkylation sites (N-methyl/N-ethyl adjacent to an activating group) is 1. The molecule has 13 N–H and O–H groups in total. The molecule has 14 heteroatoms. The molecule has 0 radical (unpaired) electrons. The summed E-state index contributed by atoms with van der Waals surface area (Å²) in [5.41, 5.74) is 17.0. The summed E-state index contributed by atoms with van der Waals surface area (Å²) in [6.45, 7) is 2.75. The average molecular weight is 497 g/mol. The highest BCUT2D eigenvalue weighted by molar-refractivity contribution is 5.02. The smallest absolute Gasteiger partial charge is 0.185 e. The number of aliphatic hydroxyl groups is 6. The summed E-state index contributed by atoms with van der Waals surface area (Å²) in [4.78, 5) is 0. The molecule has 14 nitrogen and oxygen atoms in total. The van der Waals surface area contributed by atoms with Crippen LogP contribution in [0.4, 0.5) is 0 Å². The third-order valence-corrected chi connectivity index (χ3v) is 6.95. The van der Waals surface area contributed by atoms with Crippen LogP contribution >= 0.6 is 0 Å². The molecule has 15 atom stereocenters. The molecule has 0 unspecified atom stereocenters. The Morgan fingerprint density at radius 2 is 1.50 bits per heavy atom. The van der Waals surface area contributed by atoms with Crippen LogP contribution in [-0.2, 0) is 18.9 Å². The maximum absolute atomic E-state index is 11.1. The molecule has 200 valence electrons. The SMILES string of the molecule is CN[C@@H]1[C@@H](O)[C@@H](O[C@@H]2[C@@H](O)[C@H](O[C@H]3O[C@H]([C@H](C)O)[C@@H](O)[C@H](O)[C@H]3N)[C@@H](N)C[C@H]2N)OC[C@]1(C)O. The zero-order valence-electron chi connectivity index (χ0n) is 19.5. The molecule has 3 fully saturated rings. The molecular weight excluding hydrogens is 456 g/mol. The summed E-state index contributed by atoms with van der Waals surface area (Å²) in [5.74, 6) is 0. The lowest BCUT2D eigenvalue weighted by molar-refractivity contribution is -0.319. The minimum atomic E-state index is -1.46. The number of rotatable bonds is 6. The number of hydrogen-bond donors (Lipinski definition) is 10. The lowest BCUT2D eigenvalue weighted by atomic mass is 9.84. The van der Waals surface area contributed by atoms with E-state index in [1.807, 2.05) is 0 Å². The first kappa shape index (κ1) is 28.0. The quantitative estimate of drug-likeness (QED) is 0.165. The normalized spacial score (nSPS) is 53.5. The molecule has 0 aromatic rings. The van der Waals surface area contributed by atoms with Gasteiger partial charge in [0.05, 0.1) is 24.8 Å². The summed E-state index contributed by atoms with van der Waals surface area (Å²) in [6.07, 6.45) is -12.4. The fraction of sp³-hybridized carbons (Fsp3) is 1.00. The van der Waals surface area contributed by atoms with E-state index in [1.165, 1.54) is 13.8 Å². The van der Waals surface area contributed by atoms with E-state index in [0.29, 0.717) is 0 Å². The molecule has 0 amide bonds. The first-order valence-electron chi connectivity index (χ1n) is 11.4. The van der Waals surface area contributed by atoms with Crippen molar-refractivity contribution in [2.24, 2.45) is 17.2 Å². The predicted octanol–water partition coefficient (Wildman–Crippen LogP) is -5.61. The second-order valence-corrected chi connectivity index (χ2v) is 9.82. The van der Waals surface area contributed by atoms with Gasteiger partial charge in [-0.25, -0.2) is 0 Å². The van der Waals surface area contributed by atoms with E-state index in [4.69, 9.17) is 36.1 Å². The van der Waals surface area contributed by atoms with Gasteiger partial charge in [-0.05, 0) is 27.3 Å². The molecule has 2 heterocycles. The molecular formula is C20H40N4O10. The summed E-state index contributed by atoms with van der Waals surface area (Å²) >= 11 is 0. The Balaban J connectivity index is 1.73. The van der Waals surface area contributed by atoms with E-state index in [-0.39, 0.29) is 13.0 Å². The van der Waals surface area contributed by atoms with Crippen molar-refractivity contribution in [1.29, 1.82) is 0 Å². The Morgan fingerprint density at radius 3 is 2.03 bits per heavy atom. The standard InChI is InChI=1S/C20H40N4O10/c1-6(25)14-11(27)10(26)9(23)18(32-14)33-15-7(21)4-8(22)16(12(15)28)34-19-13(29)17(24-3)20(2,30)5-31-19/h6-19,24-30H,4-5,21-23H2,1-3H3/t6-,7-,8+,9+,10+,11-,12-,13+,14+,15+,16-,17+,18+,19+,20-/m0/s1. The molecule has 0 aromatic heterocycles. The van der Waals surface area contributed by atoms with Gasteiger partial charge in [-0.3, -0.25) is 0 Å². The Labute approximate surface area is 197 Å². The van der Waals surface area contributed by atoms with Crippen molar-refractivity contribution >= 4 is 0 Å². The van der Waals surface area contributed by atoms with Gasteiger partial charge < -0.3 is 72.1 Å². The van der Waals surface area contributed by atoms with Crippen LogP contribution in [0.15, 0.2) is 0 Å². The molecule has 0 bridgehead atoms. The van der Waals surface area contributed by atoms with E-state index in [9.17, 15) is 30.6 Å². The van der Waals surface area contributed by atoms with Gasteiger partial charge in [-0.2, -0.15) is 0 Å². The maximum Gasteiger partial charge on any atom is 0.185 e.